The van der Waals surface area contributed by atoms with E-state index in [4.69, 9.17) is 11.6 Å². The Morgan fingerprint density at radius 2 is 1.83 bits per heavy atom. The van der Waals surface area contributed by atoms with Gasteiger partial charge in [-0.15, -0.1) is 0 Å². The molecule has 1 atom stereocenters. The molecule has 120 valence electrons. The summed E-state index contributed by atoms with van der Waals surface area (Å²) in [7, 11) is 0. The molecule has 3 aromatic rings. The highest BCUT2D eigenvalue weighted by atomic mass is 35.5. The van der Waals surface area contributed by atoms with Crippen LogP contribution >= 0.6 is 11.6 Å². The normalized spacial score (nSPS) is 16.6. The van der Waals surface area contributed by atoms with Gasteiger partial charge in [0.25, 0.3) is 0 Å². The van der Waals surface area contributed by atoms with Gasteiger partial charge in [0.15, 0.2) is 0 Å². The maximum absolute atomic E-state index is 12.3. The quantitative estimate of drug-likeness (QED) is 0.757. The number of aryl methyl sites for hydroxylation is 1. The van der Waals surface area contributed by atoms with Crippen molar-refractivity contribution in [1.82, 2.24) is 9.78 Å². The van der Waals surface area contributed by atoms with Crippen LogP contribution in [0.1, 0.15) is 29.2 Å². The van der Waals surface area contributed by atoms with Crippen molar-refractivity contribution in [2.24, 2.45) is 0 Å². The van der Waals surface area contributed by atoms with E-state index in [0.29, 0.717) is 11.4 Å². The number of carbonyl (C=O) groups is 1. The van der Waals surface area contributed by atoms with Crippen LogP contribution in [0.25, 0.3) is 5.69 Å². The predicted octanol–water partition coefficient (Wildman–Crippen LogP) is 4.31. The first-order valence-corrected chi connectivity index (χ1v) is 8.21. The van der Waals surface area contributed by atoms with Crippen LogP contribution in [-0.2, 0) is 4.79 Å². The Hall–Kier alpha value is -2.59. The summed E-state index contributed by atoms with van der Waals surface area (Å²) in [6.45, 7) is 1.98. The van der Waals surface area contributed by atoms with E-state index >= 15 is 0 Å². The lowest BCUT2D eigenvalue weighted by Gasteiger charge is -2.24. The maximum Gasteiger partial charge on any atom is 0.226 e. The Labute approximate surface area is 145 Å². The molecule has 1 aliphatic heterocycles. The number of amides is 1. The Morgan fingerprint density at radius 1 is 1.12 bits per heavy atom. The number of fused-ring (bicyclic) bond motifs is 1. The Bertz CT molecular complexity index is 900. The fourth-order valence-electron chi connectivity index (χ4n) is 3.28. The first-order chi connectivity index (χ1) is 11.6. The summed E-state index contributed by atoms with van der Waals surface area (Å²) in [5, 5.41) is 8.35. The minimum Gasteiger partial charge on any atom is -0.310 e. The van der Waals surface area contributed by atoms with Crippen molar-refractivity contribution >= 4 is 23.3 Å². The number of nitrogens with one attached hydrogen (secondary N) is 1. The predicted molar refractivity (Wildman–Crippen MR) is 94.8 cm³/mol. The van der Waals surface area contributed by atoms with E-state index < -0.39 is 0 Å². The summed E-state index contributed by atoms with van der Waals surface area (Å²) >= 11 is 6.00. The summed E-state index contributed by atoms with van der Waals surface area (Å²) in [5.74, 6) is 0.748. The van der Waals surface area contributed by atoms with Crippen molar-refractivity contribution < 1.29 is 4.79 Å². The number of rotatable bonds is 2. The SMILES string of the molecule is Cc1nn(-c2ccccc2)c2c1C(c1ccc(Cl)cc1)CC(=O)N2. The number of aromatic nitrogens is 2. The van der Waals surface area contributed by atoms with Crippen LogP contribution in [0.3, 0.4) is 0 Å². The van der Waals surface area contributed by atoms with E-state index in [1.165, 1.54) is 0 Å². The van der Waals surface area contributed by atoms with Crippen LogP contribution < -0.4 is 5.32 Å². The zero-order valence-electron chi connectivity index (χ0n) is 13.2. The second-order valence-corrected chi connectivity index (χ2v) is 6.39. The molecule has 2 aromatic carbocycles. The van der Waals surface area contributed by atoms with E-state index in [9.17, 15) is 4.79 Å². The third kappa shape index (κ3) is 2.49. The van der Waals surface area contributed by atoms with Crippen molar-refractivity contribution in [3.05, 3.63) is 76.4 Å². The van der Waals surface area contributed by atoms with Crippen molar-refractivity contribution in [2.75, 3.05) is 5.32 Å². The smallest absolute Gasteiger partial charge is 0.226 e. The van der Waals surface area contributed by atoms with Crippen LogP contribution in [0.2, 0.25) is 5.02 Å². The summed E-state index contributed by atoms with van der Waals surface area (Å²) in [5.41, 5.74) is 4.00. The molecule has 1 unspecified atom stereocenters. The van der Waals surface area contributed by atoms with Crippen molar-refractivity contribution in [1.29, 1.82) is 0 Å². The van der Waals surface area contributed by atoms with Crippen LogP contribution in [-0.4, -0.2) is 15.7 Å². The number of anilines is 1. The van der Waals surface area contributed by atoms with E-state index in [2.05, 4.69) is 10.4 Å². The second-order valence-electron chi connectivity index (χ2n) is 5.95. The number of halogens is 1. The highest BCUT2D eigenvalue weighted by molar-refractivity contribution is 6.30. The molecule has 1 N–H and O–H groups in total. The Balaban J connectivity index is 1.87. The molecule has 0 saturated carbocycles. The number of para-hydroxylation sites is 1. The lowest BCUT2D eigenvalue weighted by atomic mass is 9.86. The van der Waals surface area contributed by atoms with Gasteiger partial charge in [-0.3, -0.25) is 4.79 Å². The van der Waals surface area contributed by atoms with Gasteiger partial charge < -0.3 is 5.32 Å². The maximum atomic E-state index is 12.3. The number of hydrogen-bond donors (Lipinski definition) is 1. The van der Waals surface area contributed by atoms with E-state index in [0.717, 1.165) is 28.3 Å². The molecular weight excluding hydrogens is 322 g/mol. The zero-order valence-corrected chi connectivity index (χ0v) is 13.9. The molecule has 4 nitrogen and oxygen atoms in total. The summed E-state index contributed by atoms with van der Waals surface area (Å²) in [6.07, 6.45) is 0.413. The molecule has 0 aliphatic carbocycles. The first kappa shape index (κ1) is 15.0. The van der Waals surface area contributed by atoms with E-state index in [1.807, 2.05) is 66.2 Å². The molecule has 0 bridgehead atoms. The van der Waals surface area contributed by atoms with E-state index in [1.54, 1.807) is 0 Å². The number of carbonyl (C=O) groups excluding carboxylic acids is 1. The highest BCUT2D eigenvalue weighted by Gasteiger charge is 2.32. The molecule has 1 aromatic heterocycles. The van der Waals surface area contributed by atoms with Gasteiger partial charge in [-0.05, 0) is 36.8 Å². The van der Waals surface area contributed by atoms with Gasteiger partial charge in [-0.2, -0.15) is 5.10 Å². The van der Waals surface area contributed by atoms with Gasteiger partial charge in [0, 0.05) is 22.9 Å². The molecule has 0 radical (unpaired) electrons. The number of benzene rings is 2. The zero-order chi connectivity index (χ0) is 16.7. The van der Waals surface area contributed by atoms with Crippen LogP contribution in [0.4, 0.5) is 5.82 Å². The Morgan fingerprint density at radius 3 is 2.54 bits per heavy atom. The van der Waals surface area contributed by atoms with Crippen molar-refractivity contribution in [3.8, 4) is 5.69 Å². The number of hydrogen-bond acceptors (Lipinski definition) is 2. The molecule has 2 heterocycles. The molecular formula is C19H16ClN3O. The summed E-state index contributed by atoms with van der Waals surface area (Å²) < 4.78 is 1.81. The minimum atomic E-state index is -0.0107. The number of nitrogens with zero attached hydrogens (tertiary/aromatic N) is 2. The standard InChI is InChI=1S/C19H16ClN3O/c1-12-18-16(13-7-9-14(20)10-8-13)11-17(24)21-19(18)23(22-12)15-5-3-2-4-6-15/h2-10,16H,11H2,1H3,(H,21,24). The molecule has 0 saturated heterocycles. The average molecular weight is 338 g/mol. The highest BCUT2D eigenvalue weighted by Crippen LogP contribution is 2.40. The Kier molecular flexibility index (Phi) is 3.62. The van der Waals surface area contributed by atoms with Gasteiger partial charge in [0.05, 0.1) is 11.4 Å². The fourth-order valence-corrected chi connectivity index (χ4v) is 3.41. The molecule has 0 spiro atoms. The van der Waals surface area contributed by atoms with Gasteiger partial charge in [-0.1, -0.05) is 41.9 Å². The van der Waals surface area contributed by atoms with Gasteiger partial charge >= 0.3 is 0 Å². The van der Waals surface area contributed by atoms with E-state index in [-0.39, 0.29) is 11.8 Å². The third-order valence-corrected chi connectivity index (χ3v) is 4.63. The molecule has 1 amide bonds. The van der Waals surface area contributed by atoms with Crippen molar-refractivity contribution in [3.63, 3.8) is 0 Å². The molecule has 0 fully saturated rings. The van der Waals surface area contributed by atoms with Crippen LogP contribution in [0.15, 0.2) is 54.6 Å². The van der Waals surface area contributed by atoms with Gasteiger partial charge in [-0.25, -0.2) is 4.68 Å². The monoisotopic (exact) mass is 337 g/mol. The van der Waals surface area contributed by atoms with Gasteiger partial charge in [0.1, 0.15) is 5.82 Å². The topological polar surface area (TPSA) is 46.9 Å². The second kappa shape index (κ2) is 5.80. The lowest BCUT2D eigenvalue weighted by Crippen LogP contribution is -2.24. The fraction of sp³-hybridized carbons (Fsp3) is 0.158. The lowest BCUT2D eigenvalue weighted by molar-refractivity contribution is -0.116. The molecule has 5 heteroatoms. The average Bonchev–Trinajstić information content (AvgIpc) is 2.92. The summed E-state index contributed by atoms with van der Waals surface area (Å²) in [4.78, 5) is 12.3. The van der Waals surface area contributed by atoms with Crippen LogP contribution in [0.5, 0.6) is 0 Å². The molecule has 1 aliphatic rings. The molecule has 24 heavy (non-hydrogen) atoms. The largest absolute Gasteiger partial charge is 0.310 e. The third-order valence-electron chi connectivity index (χ3n) is 4.38. The van der Waals surface area contributed by atoms with Crippen LogP contribution in [0, 0.1) is 6.92 Å². The van der Waals surface area contributed by atoms with Crippen molar-refractivity contribution in [2.45, 2.75) is 19.3 Å². The van der Waals surface area contributed by atoms with Gasteiger partial charge in [0.2, 0.25) is 5.91 Å². The summed E-state index contributed by atoms with van der Waals surface area (Å²) in [6, 6.07) is 17.5. The molecule has 4 rings (SSSR count). The minimum absolute atomic E-state index is 0.000434. The first-order valence-electron chi connectivity index (χ1n) is 7.84.